The summed E-state index contributed by atoms with van der Waals surface area (Å²) in [6, 6.07) is 10.4. The number of carbonyl (C=O) groups excluding carboxylic acids is 1. The van der Waals surface area contributed by atoms with E-state index >= 15 is 0 Å². The molecule has 0 radical (unpaired) electrons. The minimum atomic E-state index is -3.73. The molecule has 8 heteroatoms. The van der Waals surface area contributed by atoms with E-state index in [2.05, 4.69) is 4.98 Å². The van der Waals surface area contributed by atoms with Crippen LogP contribution in [0.3, 0.4) is 0 Å². The van der Waals surface area contributed by atoms with E-state index in [0.717, 1.165) is 11.1 Å². The molecule has 1 aromatic heterocycles. The molecule has 7 nitrogen and oxygen atoms in total. The molecule has 0 saturated carbocycles. The van der Waals surface area contributed by atoms with Crippen LogP contribution in [0.15, 0.2) is 47.5 Å². The summed E-state index contributed by atoms with van der Waals surface area (Å²) in [5.74, 6) is 0.469. The third kappa shape index (κ3) is 3.37. The van der Waals surface area contributed by atoms with Crippen molar-refractivity contribution < 1.29 is 13.2 Å². The van der Waals surface area contributed by atoms with Crippen LogP contribution in [0.25, 0.3) is 0 Å². The summed E-state index contributed by atoms with van der Waals surface area (Å²) in [7, 11) is -1.86. The highest BCUT2D eigenvalue weighted by Crippen LogP contribution is 2.37. The van der Waals surface area contributed by atoms with Gasteiger partial charge in [0.25, 0.3) is 0 Å². The lowest BCUT2D eigenvalue weighted by Gasteiger charge is -2.33. The molecule has 4 rings (SSSR count). The van der Waals surface area contributed by atoms with E-state index in [1.165, 1.54) is 0 Å². The normalized spacial score (nSPS) is 23.2. The molecular weight excluding hydrogens is 400 g/mol. The number of sulfonamides is 1. The second-order valence-electron chi connectivity index (χ2n) is 8.40. The maximum absolute atomic E-state index is 13.5. The first kappa shape index (κ1) is 20.8. The average Bonchev–Trinajstić information content (AvgIpc) is 3.11. The first-order valence-electron chi connectivity index (χ1n) is 10.3. The molecule has 30 heavy (non-hydrogen) atoms. The summed E-state index contributed by atoms with van der Waals surface area (Å²) < 4.78 is 28.6. The fourth-order valence-corrected chi connectivity index (χ4v) is 6.67. The van der Waals surface area contributed by atoms with Gasteiger partial charge < -0.3 is 9.80 Å². The maximum atomic E-state index is 13.5. The summed E-state index contributed by atoms with van der Waals surface area (Å²) in [5.41, 5.74) is 2.09. The van der Waals surface area contributed by atoms with Crippen molar-refractivity contribution in [3.05, 3.63) is 53.7 Å². The number of aromatic nitrogens is 1. The molecule has 160 valence electrons. The largest absolute Gasteiger partial charge is 0.352 e. The molecule has 1 fully saturated rings. The number of hydrogen-bond acceptors (Lipinski definition) is 5. The Hall–Kier alpha value is -2.45. The van der Waals surface area contributed by atoms with Gasteiger partial charge in [-0.25, -0.2) is 13.4 Å². The molecule has 2 aromatic rings. The van der Waals surface area contributed by atoms with Crippen LogP contribution in [-0.2, 0) is 21.2 Å². The van der Waals surface area contributed by atoms with E-state index < -0.39 is 10.0 Å². The van der Waals surface area contributed by atoms with Crippen LogP contribution < -0.4 is 4.90 Å². The van der Waals surface area contributed by atoms with E-state index in [-0.39, 0.29) is 28.9 Å². The second-order valence-corrected chi connectivity index (χ2v) is 10.2. The lowest BCUT2D eigenvalue weighted by molar-refractivity contribution is -0.129. The van der Waals surface area contributed by atoms with Gasteiger partial charge in [-0.1, -0.05) is 24.3 Å². The Balaban J connectivity index is 1.69. The third-order valence-electron chi connectivity index (χ3n) is 6.19. The zero-order valence-electron chi connectivity index (χ0n) is 17.8. The summed E-state index contributed by atoms with van der Waals surface area (Å²) in [6.45, 7) is 6.62. The molecule has 2 aliphatic heterocycles. The zero-order chi connectivity index (χ0) is 21.6. The summed E-state index contributed by atoms with van der Waals surface area (Å²) in [4.78, 5) is 21.5. The van der Waals surface area contributed by atoms with E-state index in [9.17, 15) is 13.2 Å². The molecule has 2 aliphatic rings. The molecular formula is C22H28N4O3S. The van der Waals surface area contributed by atoms with Gasteiger partial charge in [0.2, 0.25) is 15.9 Å². The highest BCUT2D eigenvalue weighted by atomic mass is 32.2. The van der Waals surface area contributed by atoms with Gasteiger partial charge in [-0.15, -0.1) is 0 Å². The molecule has 0 bridgehead atoms. The molecule has 0 N–H and O–H groups in total. The van der Waals surface area contributed by atoms with Crippen molar-refractivity contribution in [3.63, 3.8) is 0 Å². The van der Waals surface area contributed by atoms with Crippen molar-refractivity contribution in [1.82, 2.24) is 14.2 Å². The van der Waals surface area contributed by atoms with E-state index in [0.29, 0.717) is 25.3 Å². The Labute approximate surface area is 178 Å². The monoisotopic (exact) mass is 428 g/mol. The first-order chi connectivity index (χ1) is 14.2. The van der Waals surface area contributed by atoms with Gasteiger partial charge in [0.05, 0.1) is 18.5 Å². The Bertz CT molecular complexity index is 1070. The van der Waals surface area contributed by atoms with Crippen LogP contribution >= 0.6 is 0 Å². The van der Waals surface area contributed by atoms with E-state index in [1.54, 1.807) is 27.5 Å². The number of amides is 1. The Morgan fingerprint density at radius 3 is 2.53 bits per heavy atom. The topological polar surface area (TPSA) is 73.8 Å². The van der Waals surface area contributed by atoms with Gasteiger partial charge in [0.1, 0.15) is 10.7 Å². The van der Waals surface area contributed by atoms with Crippen molar-refractivity contribution in [2.24, 2.45) is 0 Å². The van der Waals surface area contributed by atoms with Crippen molar-refractivity contribution in [2.75, 3.05) is 25.0 Å². The number of likely N-dealkylation sites (tertiary alicyclic amines) is 1. The van der Waals surface area contributed by atoms with E-state index in [4.69, 9.17) is 0 Å². The molecule has 1 amide bonds. The van der Waals surface area contributed by atoms with Crippen LogP contribution in [0.2, 0.25) is 0 Å². The SMILES string of the molecule is Cc1ccccc1CC(=O)N1CC2C(C1)N(C(C)C)S(=O)(=O)c1cccnc1N2C. The Morgan fingerprint density at radius 2 is 1.83 bits per heavy atom. The minimum Gasteiger partial charge on any atom is -0.352 e. The van der Waals surface area contributed by atoms with Gasteiger partial charge >= 0.3 is 0 Å². The number of carbonyl (C=O) groups is 1. The Kier molecular flexibility index (Phi) is 5.32. The fraction of sp³-hybridized carbons (Fsp3) is 0.455. The van der Waals surface area contributed by atoms with Crippen molar-refractivity contribution in [1.29, 1.82) is 0 Å². The van der Waals surface area contributed by atoms with Crippen LogP contribution in [0.4, 0.5) is 5.82 Å². The molecule has 1 saturated heterocycles. The highest BCUT2D eigenvalue weighted by molar-refractivity contribution is 7.89. The number of fused-ring (bicyclic) bond motifs is 2. The van der Waals surface area contributed by atoms with Crippen molar-refractivity contribution in [3.8, 4) is 0 Å². The number of rotatable bonds is 3. The number of anilines is 1. The van der Waals surface area contributed by atoms with Crippen LogP contribution in [-0.4, -0.2) is 66.8 Å². The van der Waals surface area contributed by atoms with Gasteiger partial charge in [-0.05, 0) is 44.0 Å². The van der Waals surface area contributed by atoms with Gasteiger partial charge in [-0.2, -0.15) is 4.31 Å². The van der Waals surface area contributed by atoms with E-state index in [1.807, 2.05) is 57.0 Å². The van der Waals surface area contributed by atoms with Gasteiger partial charge in [-0.3, -0.25) is 4.79 Å². The first-order valence-corrected chi connectivity index (χ1v) is 11.7. The minimum absolute atomic E-state index is 0.0214. The smallest absolute Gasteiger partial charge is 0.247 e. The number of hydrogen-bond donors (Lipinski definition) is 0. The second kappa shape index (κ2) is 7.67. The number of aryl methyl sites for hydroxylation is 1. The third-order valence-corrected chi connectivity index (χ3v) is 8.31. The lowest BCUT2D eigenvalue weighted by Crippen LogP contribution is -2.52. The molecule has 1 aromatic carbocycles. The highest BCUT2D eigenvalue weighted by Gasteiger charge is 2.50. The summed E-state index contributed by atoms with van der Waals surface area (Å²) >= 11 is 0. The molecule has 0 aliphatic carbocycles. The predicted octanol–water partition coefficient (Wildman–Crippen LogP) is 2.06. The molecule has 2 atom stereocenters. The lowest BCUT2D eigenvalue weighted by atomic mass is 10.1. The summed E-state index contributed by atoms with van der Waals surface area (Å²) in [5, 5.41) is 0. The van der Waals surface area contributed by atoms with Gasteiger partial charge in [0.15, 0.2) is 0 Å². The zero-order valence-corrected chi connectivity index (χ0v) is 18.6. The van der Waals surface area contributed by atoms with Crippen LogP contribution in [0.1, 0.15) is 25.0 Å². The quantitative estimate of drug-likeness (QED) is 0.748. The number of benzene rings is 1. The van der Waals surface area contributed by atoms with Crippen LogP contribution in [0, 0.1) is 6.92 Å². The summed E-state index contributed by atoms with van der Waals surface area (Å²) in [6.07, 6.45) is 1.93. The number of pyridine rings is 1. The standard InChI is InChI=1S/C22H28N4O3S/c1-15(2)26-19-14-25(21(27)12-17-9-6-5-8-16(17)3)13-18(19)24(4)22-20(30(26,28)29)10-7-11-23-22/h5-11,15,18-19H,12-14H2,1-4H3. The Morgan fingerprint density at radius 1 is 1.13 bits per heavy atom. The van der Waals surface area contributed by atoms with Crippen LogP contribution in [0.5, 0.6) is 0 Å². The van der Waals surface area contributed by atoms with Crippen molar-refractivity contribution >= 4 is 21.7 Å². The molecule has 2 unspecified atom stereocenters. The van der Waals surface area contributed by atoms with Gasteiger partial charge in [0, 0.05) is 32.4 Å². The number of nitrogens with zero attached hydrogens (tertiary/aromatic N) is 4. The fourth-order valence-electron chi connectivity index (χ4n) is 4.64. The molecule has 0 spiro atoms. The predicted molar refractivity (Wildman–Crippen MR) is 116 cm³/mol. The van der Waals surface area contributed by atoms with Crippen molar-refractivity contribution in [2.45, 2.75) is 50.2 Å². The average molecular weight is 429 g/mol. The molecule has 3 heterocycles. The maximum Gasteiger partial charge on any atom is 0.247 e. The number of likely N-dealkylation sites (N-methyl/N-ethyl adjacent to an activating group) is 1.